The number of fused-ring (bicyclic) bond motifs is 1. The second-order valence-electron chi connectivity index (χ2n) is 7.85. The van der Waals surface area contributed by atoms with Gasteiger partial charge in [-0.05, 0) is 97.4 Å². The first-order valence-electron chi connectivity index (χ1n) is 10.1. The van der Waals surface area contributed by atoms with E-state index in [0.29, 0.717) is 5.92 Å². The Morgan fingerprint density at radius 3 is 2.69 bits per heavy atom. The lowest BCUT2D eigenvalue weighted by Gasteiger charge is -2.27. The van der Waals surface area contributed by atoms with Gasteiger partial charge in [-0.2, -0.15) is 0 Å². The lowest BCUT2D eigenvalue weighted by Crippen LogP contribution is -2.18. The van der Waals surface area contributed by atoms with Gasteiger partial charge < -0.3 is 10.5 Å². The Balaban J connectivity index is 1.70. The second kappa shape index (κ2) is 8.73. The minimum Gasteiger partial charge on any atom is -0.497 e. The number of rotatable bonds is 7. The molecular weight excluding hydrogens is 318 g/mol. The molecule has 1 aliphatic rings. The molecule has 0 saturated carbocycles. The van der Waals surface area contributed by atoms with Crippen LogP contribution in [0.2, 0.25) is 0 Å². The van der Waals surface area contributed by atoms with Crippen molar-refractivity contribution >= 4 is 0 Å². The standard InChI is InChI=1S/C24H33NO/c1-4-5-23(16-25)22-9-8-20-14-18(6-7-21(20)15-22)13-19-10-11-24(26-3)12-17(19)2/h8-12,15,18,23H,4-7,13-14,16,25H2,1-3H3. The lowest BCUT2D eigenvalue weighted by atomic mass is 9.79. The molecule has 3 rings (SSSR count). The zero-order valence-electron chi connectivity index (χ0n) is 16.6. The van der Waals surface area contributed by atoms with E-state index < -0.39 is 0 Å². The number of ether oxygens (including phenoxy) is 1. The predicted octanol–water partition coefficient (Wildman–Crippen LogP) is 5.19. The van der Waals surface area contributed by atoms with Gasteiger partial charge in [0.15, 0.2) is 0 Å². The summed E-state index contributed by atoms with van der Waals surface area (Å²) in [5, 5.41) is 0. The van der Waals surface area contributed by atoms with Crippen LogP contribution in [0, 0.1) is 12.8 Å². The van der Waals surface area contributed by atoms with Crippen LogP contribution in [0.15, 0.2) is 36.4 Å². The maximum absolute atomic E-state index is 6.00. The minimum absolute atomic E-state index is 0.518. The van der Waals surface area contributed by atoms with Gasteiger partial charge in [-0.25, -0.2) is 0 Å². The number of benzene rings is 2. The summed E-state index contributed by atoms with van der Waals surface area (Å²) in [5.74, 6) is 2.21. The highest BCUT2D eigenvalue weighted by molar-refractivity contribution is 5.38. The van der Waals surface area contributed by atoms with Gasteiger partial charge in [0.25, 0.3) is 0 Å². The number of nitrogens with two attached hydrogens (primary N) is 1. The summed E-state index contributed by atoms with van der Waals surface area (Å²) in [6.07, 6.45) is 7.23. The van der Waals surface area contributed by atoms with Gasteiger partial charge in [0.1, 0.15) is 5.75 Å². The SMILES string of the molecule is CCCC(CN)c1ccc2c(c1)CCC(Cc1ccc(OC)cc1C)C2. The van der Waals surface area contributed by atoms with E-state index >= 15 is 0 Å². The van der Waals surface area contributed by atoms with Gasteiger partial charge in [0, 0.05) is 0 Å². The Bertz CT molecular complexity index is 737. The van der Waals surface area contributed by atoms with E-state index in [4.69, 9.17) is 10.5 Å². The summed E-state index contributed by atoms with van der Waals surface area (Å²) < 4.78 is 5.33. The molecule has 0 spiro atoms. The molecule has 26 heavy (non-hydrogen) atoms. The Kier molecular flexibility index (Phi) is 6.37. The Hall–Kier alpha value is -1.80. The fourth-order valence-electron chi connectivity index (χ4n) is 4.38. The van der Waals surface area contributed by atoms with Crippen molar-refractivity contribution in [3.8, 4) is 5.75 Å². The second-order valence-corrected chi connectivity index (χ2v) is 7.85. The summed E-state index contributed by atoms with van der Waals surface area (Å²) in [6.45, 7) is 5.19. The molecule has 0 aromatic heterocycles. The smallest absolute Gasteiger partial charge is 0.119 e. The molecule has 0 fully saturated rings. The first kappa shape index (κ1) is 19.0. The Morgan fingerprint density at radius 1 is 1.15 bits per heavy atom. The van der Waals surface area contributed by atoms with E-state index in [1.54, 1.807) is 18.2 Å². The van der Waals surface area contributed by atoms with Crippen molar-refractivity contribution in [3.63, 3.8) is 0 Å². The van der Waals surface area contributed by atoms with Crippen molar-refractivity contribution in [2.75, 3.05) is 13.7 Å². The topological polar surface area (TPSA) is 35.2 Å². The summed E-state index contributed by atoms with van der Waals surface area (Å²) in [7, 11) is 1.73. The largest absolute Gasteiger partial charge is 0.497 e. The van der Waals surface area contributed by atoms with Crippen LogP contribution in [0.3, 0.4) is 0 Å². The van der Waals surface area contributed by atoms with E-state index in [-0.39, 0.29) is 0 Å². The molecular formula is C24H33NO. The van der Waals surface area contributed by atoms with Crippen LogP contribution in [0.1, 0.15) is 59.9 Å². The Morgan fingerprint density at radius 2 is 2.00 bits per heavy atom. The summed E-state index contributed by atoms with van der Waals surface area (Å²) >= 11 is 0. The molecule has 2 heteroatoms. The van der Waals surface area contributed by atoms with E-state index in [2.05, 4.69) is 50.2 Å². The monoisotopic (exact) mass is 351 g/mol. The zero-order valence-corrected chi connectivity index (χ0v) is 16.6. The highest BCUT2D eigenvalue weighted by Crippen LogP contribution is 2.32. The fraction of sp³-hybridized carbons (Fsp3) is 0.500. The summed E-state index contributed by atoms with van der Waals surface area (Å²) in [6, 6.07) is 13.6. The average molecular weight is 352 g/mol. The summed E-state index contributed by atoms with van der Waals surface area (Å²) in [4.78, 5) is 0. The minimum atomic E-state index is 0.518. The third-order valence-corrected chi connectivity index (χ3v) is 6.01. The fourth-order valence-corrected chi connectivity index (χ4v) is 4.38. The van der Waals surface area contributed by atoms with E-state index in [9.17, 15) is 0 Å². The first-order chi connectivity index (χ1) is 12.6. The number of methoxy groups -OCH3 is 1. The predicted molar refractivity (Wildman–Crippen MR) is 110 cm³/mol. The van der Waals surface area contributed by atoms with Gasteiger partial charge >= 0.3 is 0 Å². The van der Waals surface area contributed by atoms with Crippen LogP contribution >= 0.6 is 0 Å². The normalized spacial score (nSPS) is 17.6. The van der Waals surface area contributed by atoms with Crippen molar-refractivity contribution < 1.29 is 4.74 Å². The van der Waals surface area contributed by atoms with Crippen molar-refractivity contribution in [1.82, 2.24) is 0 Å². The highest BCUT2D eigenvalue weighted by Gasteiger charge is 2.21. The van der Waals surface area contributed by atoms with Crippen molar-refractivity contribution in [3.05, 3.63) is 64.2 Å². The van der Waals surface area contributed by atoms with E-state index in [1.165, 1.54) is 48.8 Å². The van der Waals surface area contributed by atoms with E-state index in [1.807, 2.05) is 0 Å². The maximum atomic E-state index is 6.00. The van der Waals surface area contributed by atoms with Crippen molar-refractivity contribution in [1.29, 1.82) is 0 Å². The molecule has 0 saturated heterocycles. The molecule has 2 aromatic carbocycles. The van der Waals surface area contributed by atoms with Gasteiger partial charge in [-0.3, -0.25) is 0 Å². The van der Waals surface area contributed by atoms with Gasteiger partial charge in [0.05, 0.1) is 7.11 Å². The third-order valence-electron chi connectivity index (χ3n) is 6.01. The van der Waals surface area contributed by atoms with Crippen LogP contribution in [-0.2, 0) is 19.3 Å². The van der Waals surface area contributed by atoms with Crippen LogP contribution in [0.5, 0.6) is 5.75 Å². The van der Waals surface area contributed by atoms with Crippen LogP contribution in [0.4, 0.5) is 0 Å². The molecule has 0 heterocycles. The van der Waals surface area contributed by atoms with Crippen molar-refractivity contribution in [2.24, 2.45) is 11.7 Å². The molecule has 0 bridgehead atoms. The average Bonchev–Trinajstić information content (AvgIpc) is 2.67. The molecule has 2 aromatic rings. The molecule has 2 unspecified atom stereocenters. The van der Waals surface area contributed by atoms with Gasteiger partial charge in [-0.1, -0.05) is 37.6 Å². The molecule has 1 aliphatic carbocycles. The van der Waals surface area contributed by atoms with E-state index in [0.717, 1.165) is 24.6 Å². The summed E-state index contributed by atoms with van der Waals surface area (Å²) in [5.41, 5.74) is 13.3. The lowest BCUT2D eigenvalue weighted by molar-refractivity contribution is 0.413. The van der Waals surface area contributed by atoms with Crippen LogP contribution in [-0.4, -0.2) is 13.7 Å². The molecule has 2 N–H and O–H groups in total. The third kappa shape index (κ3) is 4.29. The zero-order chi connectivity index (χ0) is 18.5. The molecule has 0 amide bonds. The van der Waals surface area contributed by atoms with Gasteiger partial charge in [0.2, 0.25) is 0 Å². The first-order valence-corrected chi connectivity index (χ1v) is 10.1. The number of hydrogen-bond donors (Lipinski definition) is 1. The molecule has 140 valence electrons. The quantitative estimate of drug-likeness (QED) is 0.744. The Labute approximate surface area is 158 Å². The van der Waals surface area contributed by atoms with Crippen LogP contribution < -0.4 is 10.5 Å². The maximum Gasteiger partial charge on any atom is 0.119 e. The number of hydrogen-bond acceptors (Lipinski definition) is 2. The molecule has 0 radical (unpaired) electrons. The van der Waals surface area contributed by atoms with Gasteiger partial charge in [-0.15, -0.1) is 0 Å². The highest BCUT2D eigenvalue weighted by atomic mass is 16.5. The number of aryl methyl sites for hydroxylation is 2. The van der Waals surface area contributed by atoms with Crippen LogP contribution in [0.25, 0.3) is 0 Å². The molecule has 2 nitrogen and oxygen atoms in total. The van der Waals surface area contributed by atoms with Crippen molar-refractivity contribution in [2.45, 2.75) is 58.3 Å². The molecule has 0 aliphatic heterocycles. The molecule has 2 atom stereocenters.